The lowest BCUT2D eigenvalue weighted by molar-refractivity contribution is -0.117. The smallest absolute Gasteiger partial charge is 0.232 e. The first-order valence-corrected chi connectivity index (χ1v) is 7.35. The molecule has 0 fully saturated rings. The summed E-state index contributed by atoms with van der Waals surface area (Å²) in [5.74, 6) is -0.0565. The highest BCUT2D eigenvalue weighted by Crippen LogP contribution is 2.32. The van der Waals surface area contributed by atoms with Crippen molar-refractivity contribution in [2.24, 2.45) is 7.05 Å². The molecule has 1 unspecified atom stereocenters. The minimum absolute atomic E-state index is 0.0478. The van der Waals surface area contributed by atoms with E-state index in [4.69, 9.17) is 0 Å². The van der Waals surface area contributed by atoms with E-state index in [1.165, 1.54) is 0 Å². The summed E-state index contributed by atoms with van der Waals surface area (Å²) >= 11 is 0. The van der Waals surface area contributed by atoms with Gasteiger partial charge < -0.3 is 10.6 Å². The molecule has 0 bridgehead atoms. The van der Waals surface area contributed by atoms with E-state index in [1.807, 2.05) is 44.4 Å². The number of carbonyl (C=O) groups is 1. The molecule has 110 valence electrons. The van der Waals surface area contributed by atoms with Crippen molar-refractivity contribution in [1.29, 1.82) is 0 Å². The third kappa shape index (κ3) is 2.63. The largest absolute Gasteiger partial charge is 0.385 e. The van der Waals surface area contributed by atoms with Gasteiger partial charge in [-0.1, -0.05) is 25.1 Å². The number of anilines is 2. The second-order valence-electron chi connectivity index (χ2n) is 5.36. The average Bonchev–Trinajstić information content (AvgIpc) is 2.86. The average molecular weight is 284 g/mol. The molecule has 1 aliphatic rings. The number of carbonyl (C=O) groups excluding carboxylic acids is 1. The summed E-state index contributed by atoms with van der Waals surface area (Å²) in [7, 11) is 1.87. The molecule has 1 aromatic carbocycles. The third-order valence-corrected chi connectivity index (χ3v) is 3.90. The van der Waals surface area contributed by atoms with Crippen LogP contribution in [0.25, 0.3) is 0 Å². The van der Waals surface area contributed by atoms with E-state index in [1.54, 1.807) is 4.68 Å². The van der Waals surface area contributed by atoms with Crippen LogP contribution in [-0.2, 0) is 18.3 Å². The molecule has 5 heteroatoms. The van der Waals surface area contributed by atoms with E-state index in [9.17, 15) is 4.79 Å². The lowest BCUT2D eigenvalue weighted by Gasteiger charge is -2.25. The summed E-state index contributed by atoms with van der Waals surface area (Å²) in [6.07, 6.45) is 3.48. The zero-order valence-corrected chi connectivity index (χ0v) is 12.4. The van der Waals surface area contributed by atoms with Gasteiger partial charge in [0.05, 0.1) is 17.3 Å². The number of aromatic nitrogens is 2. The molecule has 2 N–H and O–H groups in total. The zero-order chi connectivity index (χ0) is 14.8. The summed E-state index contributed by atoms with van der Waals surface area (Å²) in [6, 6.07) is 8.02. The molecule has 0 saturated heterocycles. The van der Waals surface area contributed by atoms with Crippen LogP contribution in [-0.4, -0.2) is 22.2 Å². The van der Waals surface area contributed by atoms with Crippen LogP contribution in [0.5, 0.6) is 0 Å². The Bertz CT molecular complexity index is 662. The first-order valence-electron chi connectivity index (χ1n) is 7.35. The molecule has 21 heavy (non-hydrogen) atoms. The number of benzene rings is 1. The van der Waals surface area contributed by atoms with Crippen molar-refractivity contribution in [3.8, 4) is 0 Å². The predicted molar refractivity (Wildman–Crippen MR) is 83.5 cm³/mol. The number of aryl methyl sites for hydroxylation is 2. The molecular formula is C16H20N4O. The molecule has 0 radical (unpaired) electrons. The second kappa shape index (κ2) is 5.60. The Morgan fingerprint density at radius 1 is 1.48 bits per heavy atom. The normalized spacial score (nSPS) is 17.0. The third-order valence-electron chi connectivity index (χ3n) is 3.90. The molecule has 2 aromatic rings. The van der Waals surface area contributed by atoms with Crippen molar-refractivity contribution in [2.75, 3.05) is 17.2 Å². The maximum atomic E-state index is 12.6. The fourth-order valence-corrected chi connectivity index (χ4v) is 2.86. The Labute approximate surface area is 124 Å². The monoisotopic (exact) mass is 284 g/mol. The van der Waals surface area contributed by atoms with Crippen LogP contribution in [0.15, 0.2) is 30.5 Å². The van der Waals surface area contributed by atoms with Crippen LogP contribution in [0.1, 0.15) is 30.5 Å². The second-order valence-corrected chi connectivity index (χ2v) is 5.36. The van der Waals surface area contributed by atoms with Crippen molar-refractivity contribution in [1.82, 2.24) is 9.78 Å². The highest BCUT2D eigenvalue weighted by molar-refractivity contribution is 5.97. The molecule has 0 saturated carbocycles. The topological polar surface area (TPSA) is 59.0 Å². The predicted octanol–water partition coefficient (Wildman–Crippen LogP) is 2.52. The molecule has 1 aromatic heterocycles. The Balaban J connectivity index is 1.83. The van der Waals surface area contributed by atoms with E-state index >= 15 is 0 Å². The first kappa shape index (κ1) is 13.7. The minimum atomic E-state index is -0.104. The molecule has 5 nitrogen and oxygen atoms in total. The fraction of sp³-hybridized carbons (Fsp3) is 0.375. The van der Waals surface area contributed by atoms with Gasteiger partial charge in [0.2, 0.25) is 5.91 Å². The minimum Gasteiger partial charge on any atom is -0.385 e. The summed E-state index contributed by atoms with van der Waals surface area (Å²) < 4.78 is 1.74. The number of para-hydroxylation sites is 1. The number of hydrogen-bond acceptors (Lipinski definition) is 3. The number of fused-ring (bicyclic) bond motifs is 1. The highest BCUT2D eigenvalue weighted by Gasteiger charge is 2.26. The van der Waals surface area contributed by atoms with Gasteiger partial charge in [0.1, 0.15) is 0 Å². The van der Waals surface area contributed by atoms with Gasteiger partial charge in [0.25, 0.3) is 0 Å². The molecule has 0 aliphatic carbocycles. The molecule has 0 spiro atoms. The Hall–Kier alpha value is -2.30. The number of nitrogens with zero attached hydrogens (tertiary/aromatic N) is 2. The Morgan fingerprint density at radius 2 is 2.29 bits per heavy atom. The van der Waals surface area contributed by atoms with Crippen LogP contribution in [0.2, 0.25) is 0 Å². The summed E-state index contributed by atoms with van der Waals surface area (Å²) in [5.41, 5.74) is 3.88. The molecule has 2 heterocycles. The van der Waals surface area contributed by atoms with Crippen molar-refractivity contribution in [3.05, 3.63) is 41.7 Å². The van der Waals surface area contributed by atoms with Crippen LogP contribution >= 0.6 is 0 Å². The van der Waals surface area contributed by atoms with Crippen LogP contribution < -0.4 is 10.6 Å². The Morgan fingerprint density at radius 3 is 3.10 bits per heavy atom. The highest BCUT2D eigenvalue weighted by atomic mass is 16.1. The standard InChI is InChI=1S/C16H20N4O/c1-3-13-15(10-20(2)19-13)18-16(21)12-8-9-17-14-7-5-4-6-11(12)14/h4-7,10,12,17H,3,8-9H2,1-2H3,(H,18,21). The summed E-state index contributed by atoms with van der Waals surface area (Å²) in [4.78, 5) is 12.6. The van der Waals surface area contributed by atoms with Crippen molar-refractivity contribution >= 4 is 17.3 Å². The van der Waals surface area contributed by atoms with Gasteiger partial charge in [0, 0.05) is 25.5 Å². The SMILES string of the molecule is CCc1nn(C)cc1NC(=O)C1CCNc2ccccc21. The molecule has 1 atom stereocenters. The van der Waals surface area contributed by atoms with Crippen LogP contribution in [0, 0.1) is 0 Å². The van der Waals surface area contributed by atoms with Crippen LogP contribution in [0.4, 0.5) is 11.4 Å². The number of nitrogens with one attached hydrogen (secondary N) is 2. The first-order chi connectivity index (χ1) is 10.2. The zero-order valence-electron chi connectivity index (χ0n) is 12.4. The maximum Gasteiger partial charge on any atom is 0.232 e. The quantitative estimate of drug-likeness (QED) is 0.910. The van der Waals surface area contributed by atoms with Crippen molar-refractivity contribution in [3.63, 3.8) is 0 Å². The van der Waals surface area contributed by atoms with E-state index in [-0.39, 0.29) is 11.8 Å². The lowest BCUT2D eigenvalue weighted by Crippen LogP contribution is -2.27. The van der Waals surface area contributed by atoms with Crippen molar-refractivity contribution in [2.45, 2.75) is 25.7 Å². The van der Waals surface area contributed by atoms with Gasteiger partial charge in [-0.3, -0.25) is 9.48 Å². The van der Waals surface area contributed by atoms with Gasteiger partial charge in [-0.15, -0.1) is 0 Å². The van der Waals surface area contributed by atoms with E-state index in [0.717, 1.165) is 42.0 Å². The van der Waals surface area contributed by atoms with Gasteiger partial charge in [-0.25, -0.2) is 0 Å². The number of hydrogen-bond donors (Lipinski definition) is 2. The van der Waals surface area contributed by atoms with E-state index in [2.05, 4.69) is 15.7 Å². The van der Waals surface area contributed by atoms with Gasteiger partial charge >= 0.3 is 0 Å². The molecule has 1 aliphatic heterocycles. The Kier molecular flexibility index (Phi) is 3.64. The number of amides is 1. The molecule has 3 rings (SSSR count). The number of rotatable bonds is 3. The molecule has 1 amide bonds. The van der Waals surface area contributed by atoms with Crippen LogP contribution in [0.3, 0.4) is 0 Å². The summed E-state index contributed by atoms with van der Waals surface area (Å²) in [6.45, 7) is 2.86. The fourth-order valence-electron chi connectivity index (χ4n) is 2.86. The van der Waals surface area contributed by atoms with Crippen molar-refractivity contribution < 1.29 is 4.79 Å². The van der Waals surface area contributed by atoms with E-state index in [0.29, 0.717) is 0 Å². The van der Waals surface area contributed by atoms with Gasteiger partial charge in [-0.05, 0) is 24.5 Å². The van der Waals surface area contributed by atoms with Gasteiger partial charge in [-0.2, -0.15) is 5.10 Å². The summed E-state index contributed by atoms with van der Waals surface area (Å²) in [5, 5.41) is 10.7. The van der Waals surface area contributed by atoms with Gasteiger partial charge in [0.15, 0.2) is 0 Å². The van der Waals surface area contributed by atoms with E-state index < -0.39 is 0 Å². The molecular weight excluding hydrogens is 264 g/mol. The lowest BCUT2D eigenvalue weighted by atomic mass is 9.90. The maximum absolute atomic E-state index is 12.6.